The number of aliphatic imine (C=N–C) groups is 1. The van der Waals surface area contributed by atoms with E-state index < -0.39 is 0 Å². The summed E-state index contributed by atoms with van der Waals surface area (Å²) in [6.45, 7) is 12.1. The maximum absolute atomic E-state index is 4.71. The minimum atomic E-state index is 0. The highest BCUT2D eigenvalue weighted by Crippen LogP contribution is 2.18. The number of nitrogens with zero attached hydrogens (tertiary/aromatic N) is 2. The fraction of sp³-hybridized carbons (Fsp3) is 0.529. The lowest BCUT2D eigenvalue weighted by molar-refractivity contribution is 0.645. The van der Waals surface area contributed by atoms with E-state index in [1.165, 1.54) is 14.6 Å². The second kappa shape index (κ2) is 10.4. The molecule has 134 valence electrons. The first kappa shape index (κ1) is 21.4. The number of halogens is 1. The number of nitrogens with one attached hydrogen (secondary N) is 2. The number of hydrogen-bond acceptors (Lipinski definition) is 4. The molecule has 0 radical (unpaired) electrons. The molecule has 2 heterocycles. The smallest absolute Gasteiger partial charge is 0.191 e. The summed E-state index contributed by atoms with van der Waals surface area (Å²) in [5.41, 5.74) is 1.09. The molecule has 0 fully saturated rings. The second-order valence-electron chi connectivity index (χ2n) is 5.70. The lowest BCUT2D eigenvalue weighted by Gasteiger charge is -2.17. The zero-order chi connectivity index (χ0) is 16.8. The number of aryl methyl sites for hydroxylation is 3. The monoisotopic (exact) mass is 478 g/mol. The molecule has 24 heavy (non-hydrogen) atoms. The molecule has 7 heteroatoms. The van der Waals surface area contributed by atoms with Gasteiger partial charge in [0.2, 0.25) is 0 Å². The minimum absolute atomic E-state index is 0. The van der Waals surface area contributed by atoms with Crippen LogP contribution in [-0.2, 0) is 13.0 Å². The lowest BCUT2D eigenvalue weighted by atomic mass is 10.2. The van der Waals surface area contributed by atoms with Gasteiger partial charge in [-0.2, -0.15) is 0 Å². The van der Waals surface area contributed by atoms with Crippen LogP contribution in [-0.4, -0.2) is 23.5 Å². The predicted octanol–water partition coefficient (Wildman–Crippen LogP) is 4.43. The highest BCUT2D eigenvalue weighted by molar-refractivity contribution is 14.0. The maximum atomic E-state index is 4.71. The quantitative estimate of drug-likeness (QED) is 0.367. The molecular weight excluding hydrogens is 451 g/mol. The third kappa shape index (κ3) is 6.68. The first-order chi connectivity index (χ1) is 11.0. The van der Waals surface area contributed by atoms with Crippen molar-refractivity contribution in [2.75, 3.05) is 6.54 Å². The van der Waals surface area contributed by atoms with Gasteiger partial charge in [-0.15, -0.1) is 46.7 Å². The Hall–Kier alpha value is -0.670. The van der Waals surface area contributed by atoms with Crippen LogP contribution in [0.3, 0.4) is 0 Å². The summed E-state index contributed by atoms with van der Waals surface area (Å²) in [5, 5.41) is 7.93. The van der Waals surface area contributed by atoms with Gasteiger partial charge in [-0.25, -0.2) is 9.98 Å². The van der Waals surface area contributed by atoms with Crippen LogP contribution < -0.4 is 10.6 Å². The van der Waals surface area contributed by atoms with Crippen LogP contribution in [0.15, 0.2) is 17.1 Å². The van der Waals surface area contributed by atoms with Gasteiger partial charge in [-0.1, -0.05) is 0 Å². The molecule has 0 aliphatic heterocycles. The first-order valence-corrected chi connectivity index (χ1v) is 9.64. The molecule has 2 aromatic heterocycles. The average Bonchev–Trinajstić information content (AvgIpc) is 3.01. The fourth-order valence-corrected chi connectivity index (χ4v) is 4.25. The summed E-state index contributed by atoms with van der Waals surface area (Å²) in [4.78, 5) is 13.2. The molecule has 0 aromatic carbocycles. The average molecular weight is 478 g/mol. The van der Waals surface area contributed by atoms with Crippen LogP contribution in [0.4, 0.5) is 0 Å². The van der Waals surface area contributed by atoms with Gasteiger partial charge < -0.3 is 10.6 Å². The molecule has 2 rings (SSSR count). The van der Waals surface area contributed by atoms with Crippen molar-refractivity contribution in [1.29, 1.82) is 0 Å². The van der Waals surface area contributed by atoms with Gasteiger partial charge in [0.25, 0.3) is 0 Å². The van der Waals surface area contributed by atoms with E-state index in [-0.39, 0.29) is 24.0 Å². The number of thiazole rings is 1. The summed E-state index contributed by atoms with van der Waals surface area (Å²) in [5.74, 6) is 0.874. The van der Waals surface area contributed by atoms with Gasteiger partial charge in [0, 0.05) is 33.6 Å². The van der Waals surface area contributed by atoms with Crippen molar-refractivity contribution in [3.63, 3.8) is 0 Å². The van der Waals surface area contributed by atoms with Gasteiger partial charge in [0.05, 0.1) is 17.2 Å². The van der Waals surface area contributed by atoms with Crippen molar-refractivity contribution in [3.8, 4) is 0 Å². The summed E-state index contributed by atoms with van der Waals surface area (Å²) in [7, 11) is 0. The van der Waals surface area contributed by atoms with Crippen LogP contribution in [0.1, 0.15) is 39.2 Å². The Morgan fingerprint density at radius 2 is 2.00 bits per heavy atom. The zero-order valence-electron chi connectivity index (χ0n) is 15.0. The van der Waals surface area contributed by atoms with Crippen LogP contribution in [0.5, 0.6) is 0 Å². The minimum Gasteiger partial charge on any atom is -0.357 e. The molecule has 2 N–H and O–H groups in total. The van der Waals surface area contributed by atoms with Crippen LogP contribution in [0, 0.1) is 20.8 Å². The van der Waals surface area contributed by atoms with Crippen molar-refractivity contribution in [2.24, 2.45) is 4.99 Å². The van der Waals surface area contributed by atoms with Crippen LogP contribution in [0.25, 0.3) is 0 Å². The summed E-state index contributed by atoms with van der Waals surface area (Å²) in [6.07, 6.45) is 1.02. The van der Waals surface area contributed by atoms with Gasteiger partial charge >= 0.3 is 0 Å². The molecule has 0 amide bonds. The summed E-state index contributed by atoms with van der Waals surface area (Å²) < 4.78 is 0. The Balaban J connectivity index is 0.00000288. The molecule has 0 aliphatic rings. The topological polar surface area (TPSA) is 49.3 Å². The largest absolute Gasteiger partial charge is 0.357 e. The van der Waals surface area contributed by atoms with Crippen molar-refractivity contribution >= 4 is 52.6 Å². The number of guanidine groups is 1. The Labute approximate surface area is 170 Å². The summed E-state index contributed by atoms with van der Waals surface area (Å²) >= 11 is 3.59. The van der Waals surface area contributed by atoms with E-state index in [0.29, 0.717) is 12.6 Å². The molecule has 1 unspecified atom stereocenters. The molecule has 0 saturated heterocycles. The van der Waals surface area contributed by atoms with Crippen molar-refractivity contribution in [3.05, 3.63) is 37.5 Å². The Morgan fingerprint density at radius 3 is 2.54 bits per heavy atom. The Morgan fingerprint density at radius 1 is 1.25 bits per heavy atom. The first-order valence-electron chi connectivity index (χ1n) is 8.01. The van der Waals surface area contributed by atoms with Gasteiger partial charge in [-0.05, 0) is 46.8 Å². The van der Waals surface area contributed by atoms with E-state index >= 15 is 0 Å². The molecule has 0 saturated carbocycles. The predicted molar refractivity (Wildman–Crippen MR) is 117 cm³/mol. The number of hydrogen-bond donors (Lipinski definition) is 2. The highest BCUT2D eigenvalue weighted by atomic mass is 127. The number of thiophene rings is 1. The third-order valence-corrected chi connectivity index (χ3v) is 5.49. The lowest BCUT2D eigenvalue weighted by Crippen LogP contribution is -2.43. The van der Waals surface area contributed by atoms with Gasteiger partial charge in [-0.3, -0.25) is 0 Å². The van der Waals surface area contributed by atoms with E-state index in [4.69, 9.17) is 4.99 Å². The van der Waals surface area contributed by atoms with Crippen molar-refractivity contribution < 1.29 is 0 Å². The van der Waals surface area contributed by atoms with Gasteiger partial charge in [0.15, 0.2) is 5.96 Å². The van der Waals surface area contributed by atoms with Crippen molar-refractivity contribution in [2.45, 2.75) is 53.6 Å². The number of rotatable bonds is 6. The van der Waals surface area contributed by atoms with E-state index in [1.807, 2.05) is 18.3 Å². The SMILES string of the molecule is CCNC(=NCc1sc(C)nc1C)NC(C)Cc1ccc(C)s1.I. The van der Waals surface area contributed by atoms with E-state index in [1.54, 1.807) is 11.3 Å². The molecule has 0 bridgehead atoms. The normalized spacial score (nSPS) is 12.6. The van der Waals surface area contributed by atoms with Crippen LogP contribution in [0.2, 0.25) is 0 Å². The van der Waals surface area contributed by atoms with E-state index in [9.17, 15) is 0 Å². The Kier molecular flexibility index (Phi) is 9.22. The molecule has 0 aliphatic carbocycles. The standard InChI is InChI=1S/C17H26N4S2.HI/c1-6-18-17(19-10-16-13(4)21-14(5)23-16)20-11(2)9-15-8-7-12(3)22-15;/h7-8,11H,6,9-10H2,1-5H3,(H2,18,19,20);1H. The molecule has 2 aromatic rings. The molecule has 1 atom stereocenters. The van der Waals surface area contributed by atoms with E-state index in [0.717, 1.165) is 29.6 Å². The highest BCUT2D eigenvalue weighted by Gasteiger charge is 2.09. The Bertz CT molecular complexity index is 663. The van der Waals surface area contributed by atoms with Crippen molar-refractivity contribution in [1.82, 2.24) is 15.6 Å². The molecule has 4 nitrogen and oxygen atoms in total. The van der Waals surface area contributed by atoms with Gasteiger partial charge in [0.1, 0.15) is 0 Å². The summed E-state index contributed by atoms with van der Waals surface area (Å²) in [6, 6.07) is 4.74. The number of aromatic nitrogens is 1. The fourth-order valence-electron chi connectivity index (χ4n) is 2.37. The molecular formula is C17H27IN4S2. The van der Waals surface area contributed by atoms with Crippen LogP contribution >= 0.6 is 46.7 Å². The zero-order valence-corrected chi connectivity index (χ0v) is 18.9. The third-order valence-electron chi connectivity index (χ3n) is 3.41. The van der Waals surface area contributed by atoms with E-state index in [2.05, 4.69) is 55.4 Å². The maximum Gasteiger partial charge on any atom is 0.191 e. The molecule has 0 spiro atoms. The second-order valence-corrected chi connectivity index (χ2v) is 8.36.